The average Bonchev–Trinajstić information content (AvgIpc) is 2.78. The number of aliphatic carboxylic acids is 1. The van der Waals surface area contributed by atoms with Crippen LogP contribution < -0.4 is 14.2 Å². The van der Waals surface area contributed by atoms with Crippen LogP contribution in [0.3, 0.4) is 0 Å². The largest absolute Gasteiger partial charge is 0.497 e. The van der Waals surface area contributed by atoms with Gasteiger partial charge in [-0.05, 0) is 77.9 Å². The van der Waals surface area contributed by atoms with Crippen molar-refractivity contribution in [1.82, 2.24) is 0 Å². The first-order valence-electron chi connectivity index (χ1n) is 10.0. The van der Waals surface area contributed by atoms with Gasteiger partial charge in [0.05, 0.1) is 17.8 Å². The monoisotopic (exact) mass is 550 g/mol. The van der Waals surface area contributed by atoms with Crippen LogP contribution in [0, 0.1) is 15.4 Å². The van der Waals surface area contributed by atoms with E-state index in [0.29, 0.717) is 31.1 Å². The molecular formula is C25H27IO6. The van der Waals surface area contributed by atoms with Crippen molar-refractivity contribution < 1.29 is 28.8 Å². The molecule has 170 valence electrons. The van der Waals surface area contributed by atoms with Gasteiger partial charge in [-0.3, -0.25) is 0 Å². The molecule has 2 aromatic carbocycles. The van der Waals surface area contributed by atoms with E-state index < -0.39 is 12.1 Å². The van der Waals surface area contributed by atoms with E-state index in [2.05, 4.69) is 34.4 Å². The lowest BCUT2D eigenvalue weighted by Crippen LogP contribution is -2.26. The van der Waals surface area contributed by atoms with Crippen LogP contribution >= 0.6 is 22.6 Å². The smallest absolute Gasteiger partial charge is 0.333 e. The van der Waals surface area contributed by atoms with Crippen LogP contribution in [0.4, 0.5) is 0 Å². The molecule has 2 rings (SSSR count). The standard InChI is InChI=1S/C25H27IO6/c1-5-31-24(25(27)28)15-19-8-9-23(22(26)14-19)32-11-10-17(2)6-7-18-12-20(29-3)16-21(13-18)30-4/h8-10,12-14,16,24H,5,11,15H2,1-4H3,(H,27,28)/b17-10-. The molecule has 1 unspecified atom stereocenters. The summed E-state index contributed by atoms with van der Waals surface area (Å²) >= 11 is 2.18. The molecule has 0 heterocycles. The van der Waals surface area contributed by atoms with Gasteiger partial charge in [0.15, 0.2) is 6.10 Å². The Morgan fingerprint density at radius 2 is 1.84 bits per heavy atom. The Balaban J connectivity index is 1.99. The number of ether oxygens (including phenoxy) is 4. The summed E-state index contributed by atoms with van der Waals surface area (Å²) in [6.45, 7) is 4.43. The summed E-state index contributed by atoms with van der Waals surface area (Å²) in [7, 11) is 3.21. The van der Waals surface area contributed by atoms with Crippen LogP contribution in [0.15, 0.2) is 48.0 Å². The fourth-order valence-corrected chi connectivity index (χ4v) is 3.51. The summed E-state index contributed by atoms with van der Waals surface area (Å²) in [4.78, 5) is 11.3. The second-order valence-corrected chi connectivity index (χ2v) is 7.96. The molecule has 0 spiro atoms. The molecule has 0 fully saturated rings. The summed E-state index contributed by atoms with van der Waals surface area (Å²) in [6.07, 6.45) is 1.36. The number of hydrogen-bond donors (Lipinski definition) is 1. The lowest BCUT2D eigenvalue weighted by molar-refractivity contribution is -0.149. The third kappa shape index (κ3) is 8.09. The summed E-state index contributed by atoms with van der Waals surface area (Å²) in [6, 6.07) is 11.1. The molecule has 32 heavy (non-hydrogen) atoms. The molecular weight excluding hydrogens is 523 g/mol. The topological polar surface area (TPSA) is 74.2 Å². The highest BCUT2D eigenvalue weighted by Crippen LogP contribution is 2.24. The molecule has 6 nitrogen and oxygen atoms in total. The summed E-state index contributed by atoms with van der Waals surface area (Å²) < 4.78 is 22.6. The van der Waals surface area contributed by atoms with Gasteiger partial charge in [0.2, 0.25) is 0 Å². The molecule has 0 bridgehead atoms. The highest BCUT2D eigenvalue weighted by atomic mass is 127. The van der Waals surface area contributed by atoms with Crippen LogP contribution in [0.25, 0.3) is 0 Å². The molecule has 0 aliphatic carbocycles. The molecule has 0 saturated carbocycles. The van der Waals surface area contributed by atoms with Crippen LogP contribution in [-0.2, 0) is 16.0 Å². The Labute approximate surface area is 202 Å². The van der Waals surface area contributed by atoms with Gasteiger partial charge in [0.1, 0.15) is 23.9 Å². The minimum atomic E-state index is -0.962. The predicted molar refractivity (Wildman–Crippen MR) is 132 cm³/mol. The molecule has 0 radical (unpaired) electrons. The van der Waals surface area contributed by atoms with E-state index >= 15 is 0 Å². The number of benzene rings is 2. The number of carboxylic acid groups (broad SMARTS) is 1. The normalized spacial score (nSPS) is 11.8. The van der Waals surface area contributed by atoms with Crippen LogP contribution in [-0.4, -0.2) is 44.6 Å². The van der Waals surface area contributed by atoms with Crippen molar-refractivity contribution in [3.63, 3.8) is 0 Å². The third-order valence-corrected chi connectivity index (χ3v) is 5.29. The minimum Gasteiger partial charge on any atom is -0.497 e. The molecule has 0 aromatic heterocycles. The molecule has 1 N–H and O–H groups in total. The number of carboxylic acids is 1. The lowest BCUT2D eigenvalue weighted by Gasteiger charge is -2.13. The maximum atomic E-state index is 11.3. The first kappa shape index (κ1) is 25.6. The van der Waals surface area contributed by atoms with Gasteiger partial charge < -0.3 is 24.1 Å². The number of rotatable bonds is 10. The zero-order valence-corrected chi connectivity index (χ0v) is 20.8. The first-order valence-corrected chi connectivity index (χ1v) is 11.1. The Hall–Kier alpha value is -2.70. The lowest BCUT2D eigenvalue weighted by atomic mass is 10.1. The Morgan fingerprint density at radius 1 is 1.16 bits per heavy atom. The van der Waals surface area contributed by atoms with E-state index in [-0.39, 0.29) is 0 Å². The van der Waals surface area contributed by atoms with E-state index in [1.54, 1.807) is 27.2 Å². The van der Waals surface area contributed by atoms with Gasteiger partial charge in [0, 0.05) is 24.7 Å². The molecule has 0 saturated heterocycles. The quantitative estimate of drug-likeness (QED) is 0.341. The molecule has 0 amide bonds. The van der Waals surface area contributed by atoms with Crippen molar-refractivity contribution in [2.45, 2.75) is 26.4 Å². The van der Waals surface area contributed by atoms with Crippen LogP contribution in [0.2, 0.25) is 0 Å². The molecule has 0 aliphatic rings. The minimum absolute atomic E-state index is 0.309. The van der Waals surface area contributed by atoms with Crippen molar-refractivity contribution in [1.29, 1.82) is 0 Å². The van der Waals surface area contributed by atoms with Crippen LogP contribution in [0.5, 0.6) is 17.2 Å². The van der Waals surface area contributed by atoms with Crippen molar-refractivity contribution >= 4 is 28.6 Å². The van der Waals surface area contributed by atoms with Gasteiger partial charge in [-0.1, -0.05) is 17.9 Å². The van der Waals surface area contributed by atoms with Crippen molar-refractivity contribution in [2.75, 3.05) is 27.4 Å². The van der Waals surface area contributed by atoms with E-state index in [1.165, 1.54) is 0 Å². The van der Waals surface area contributed by atoms with Crippen LogP contribution in [0.1, 0.15) is 25.0 Å². The molecule has 1 atom stereocenters. The maximum Gasteiger partial charge on any atom is 0.333 e. The maximum absolute atomic E-state index is 11.3. The fourth-order valence-electron chi connectivity index (χ4n) is 2.78. The number of methoxy groups -OCH3 is 2. The van der Waals surface area contributed by atoms with E-state index in [1.807, 2.05) is 43.3 Å². The number of carbonyl (C=O) groups is 1. The van der Waals surface area contributed by atoms with Gasteiger partial charge >= 0.3 is 5.97 Å². The average molecular weight is 550 g/mol. The highest BCUT2D eigenvalue weighted by Gasteiger charge is 2.18. The Kier molecular flexibility index (Phi) is 10.4. The van der Waals surface area contributed by atoms with E-state index in [0.717, 1.165) is 26.0 Å². The van der Waals surface area contributed by atoms with Gasteiger partial charge in [0.25, 0.3) is 0 Å². The zero-order valence-electron chi connectivity index (χ0n) is 18.6. The highest BCUT2D eigenvalue weighted by molar-refractivity contribution is 14.1. The number of allylic oxidation sites excluding steroid dienone is 1. The van der Waals surface area contributed by atoms with Gasteiger partial charge in [-0.25, -0.2) is 4.79 Å². The molecule has 0 aliphatic heterocycles. The Morgan fingerprint density at radius 3 is 2.41 bits per heavy atom. The fraction of sp³-hybridized carbons (Fsp3) is 0.320. The zero-order chi connectivity index (χ0) is 23.5. The van der Waals surface area contributed by atoms with E-state index in [9.17, 15) is 9.90 Å². The summed E-state index contributed by atoms with van der Waals surface area (Å²) in [5.41, 5.74) is 2.56. The summed E-state index contributed by atoms with van der Waals surface area (Å²) in [5, 5.41) is 9.24. The van der Waals surface area contributed by atoms with Crippen molar-refractivity contribution in [3.05, 3.63) is 62.7 Å². The van der Waals surface area contributed by atoms with Gasteiger partial charge in [-0.2, -0.15) is 0 Å². The second-order valence-electron chi connectivity index (χ2n) is 6.80. The summed E-state index contributed by atoms with van der Waals surface area (Å²) in [5.74, 6) is 7.35. The SMILES string of the molecule is CCOC(Cc1ccc(OC/C=C(/C)C#Cc2cc(OC)cc(OC)c2)c(I)c1)C(=O)O. The van der Waals surface area contributed by atoms with Crippen molar-refractivity contribution in [2.24, 2.45) is 0 Å². The predicted octanol–water partition coefficient (Wildman–Crippen LogP) is 4.72. The molecule has 7 heteroatoms. The number of hydrogen-bond acceptors (Lipinski definition) is 5. The Bertz CT molecular complexity index is 997. The van der Waals surface area contributed by atoms with Gasteiger partial charge in [-0.15, -0.1) is 0 Å². The van der Waals surface area contributed by atoms with Crippen molar-refractivity contribution in [3.8, 4) is 29.1 Å². The van der Waals surface area contributed by atoms with E-state index in [4.69, 9.17) is 18.9 Å². The second kappa shape index (κ2) is 13.0. The number of halogens is 1. The third-order valence-electron chi connectivity index (χ3n) is 4.44. The molecule has 2 aromatic rings. The first-order chi connectivity index (χ1) is 15.4.